The van der Waals surface area contributed by atoms with Gasteiger partial charge in [0.1, 0.15) is 0 Å². The van der Waals surface area contributed by atoms with Crippen molar-refractivity contribution in [1.29, 1.82) is 0 Å². The molecule has 1 fully saturated rings. The molecule has 4 heteroatoms. The zero-order chi connectivity index (χ0) is 8.27. The van der Waals surface area contributed by atoms with Crippen molar-refractivity contribution in [1.82, 2.24) is 0 Å². The van der Waals surface area contributed by atoms with Crippen LogP contribution >= 0.6 is 11.6 Å². The van der Waals surface area contributed by atoms with E-state index in [1.54, 1.807) is 6.92 Å². The third kappa shape index (κ3) is 4.09. The zero-order valence-corrected chi connectivity index (χ0v) is 7.13. The zero-order valence-electron chi connectivity index (χ0n) is 6.38. The lowest BCUT2D eigenvalue weighted by atomic mass is 10.5. The van der Waals surface area contributed by atoms with E-state index in [2.05, 4.69) is 4.74 Å². The van der Waals surface area contributed by atoms with Crippen molar-refractivity contribution in [3.05, 3.63) is 0 Å². The Morgan fingerprint density at radius 2 is 2.36 bits per heavy atom. The van der Waals surface area contributed by atoms with Crippen LogP contribution < -0.4 is 0 Å². The largest absolute Gasteiger partial charge is 0.509 e. The first-order valence-corrected chi connectivity index (χ1v) is 4.09. The van der Waals surface area contributed by atoms with Gasteiger partial charge in [-0.1, -0.05) is 11.6 Å². The van der Waals surface area contributed by atoms with Gasteiger partial charge in [-0.15, -0.1) is 0 Å². The third-order valence-electron chi connectivity index (χ3n) is 1.39. The van der Waals surface area contributed by atoms with Gasteiger partial charge < -0.3 is 9.47 Å². The summed E-state index contributed by atoms with van der Waals surface area (Å²) in [4.78, 5) is 10.7. The van der Waals surface area contributed by atoms with Crippen molar-refractivity contribution in [3.8, 4) is 0 Å². The van der Waals surface area contributed by atoms with Crippen LogP contribution in [0.25, 0.3) is 0 Å². The number of hydrogen-bond donors (Lipinski definition) is 0. The maximum atomic E-state index is 10.7. The SMILES string of the molecule is CC(Cl)OC(=O)OCC1CC1. The van der Waals surface area contributed by atoms with Gasteiger partial charge in [0.15, 0.2) is 5.56 Å². The van der Waals surface area contributed by atoms with Gasteiger partial charge in [0, 0.05) is 0 Å². The van der Waals surface area contributed by atoms with Gasteiger partial charge in [0.05, 0.1) is 6.61 Å². The number of alkyl halides is 1. The highest BCUT2D eigenvalue weighted by Crippen LogP contribution is 2.28. The second-order valence-electron chi connectivity index (χ2n) is 2.67. The van der Waals surface area contributed by atoms with Crippen LogP contribution in [0.5, 0.6) is 0 Å². The maximum absolute atomic E-state index is 10.7. The fourth-order valence-corrected chi connectivity index (χ4v) is 0.710. The summed E-state index contributed by atoms with van der Waals surface area (Å²) in [6, 6.07) is 0. The van der Waals surface area contributed by atoms with Gasteiger partial charge in [0.2, 0.25) is 0 Å². The summed E-state index contributed by atoms with van der Waals surface area (Å²) in [7, 11) is 0. The van der Waals surface area contributed by atoms with Gasteiger partial charge in [-0.05, 0) is 25.7 Å². The summed E-state index contributed by atoms with van der Waals surface area (Å²) in [6.07, 6.45) is 1.65. The van der Waals surface area contributed by atoms with E-state index in [0.717, 1.165) is 12.8 Å². The Balaban J connectivity index is 2.00. The summed E-state index contributed by atoms with van der Waals surface area (Å²) >= 11 is 5.38. The Labute approximate surface area is 70.6 Å². The molecule has 0 amide bonds. The Morgan fingerprint density at radius 3 is 2.82 bits per heavy atom. The van der Waals surface area contributed by atoms with Crippen LogP contribution in [-0.4, -0.2) is 18.3 Å². The molecular weight excluding hydrogens is 168 g/mol. The average Bonchev–Trinajstić information content (AvgIpc) is 2.63. The smallest absolute Gasteiger partial charge is 0.434 e. The van der Waals surface area contributed by atoms with Gasteiger partial charge in [0.25, 0.3) is 0 Å². The van der Waals surface area contributed by atoms with Crippen LogP contribution in [0, 0.1) is 5.92 Å². The van der Waals surface area contributed by atoms with Crippen LogP contribution in [0.1, 0.15) is 19.8 Å². The highest BCUT2D eigenvalue weighted by molar-refractivity contribution is 6.19. The highest BCUT2D eigenvalue weighted by Gasteiger charge is 2.23. The number of halogens is 1. The Kier molecular flexibility index (Phi) is 3.00. The normalized spacial score (nSPS) is 19.1. The van der Waals surface area contributed by atoms with Crippen LogP contribution in [0.4, 0.5) is 4.79 Å². The predicted octanol–water partition coefficient (Wildman–Crippen LogP) is 2.13. The summed E-state index contributed by atoms with van der Waals surface area (Å²) in [6.45, 7) is 2.04. The molecule has 0 spiro atoms. The lowest BCUT2D eigenvalue weighted by molar-refractivity contribution is 0.0467. The molecule has 3 nitrogen and oxygen atoms in total. The first-order valence-electron chi connectivity index (χ1n) is 3.66. The minimum absolute atomic E-state index is 0.475. The predicted molar refractivity (Wildman–Crippen MR) is 40.5 cm³/mol. The molecule has 0 bridgehead atoms. The first-order chi connectivity index (χ1) is 5.18. The minimum atomic E-state index is -0.667. The van der Waals surface area contributed by atoms with E-state index in [9.17, 15) is 4.79 Å². The molecule has 1 atom stereocenters. The maximum Gasteiger partial charge on any atom is 0.509 e. The van der Waals surface area contributed by atoms with E-state index >= 15 is 0 Å². The Hall–Kier alpha value is -0.440. The van der Waals surface area contributed by atoms with E-state index in [1.165, 1.54) is 0 Å². The second kappa shape index (κ2) is 3.81. The molecule has 1 aliphatic rings. The van der Waals surface area contributed by atoms with Crippen LogP contribution in [0.3, 0.4) is 0 Å². The van der Waals surface area contributed by atoms with Crippen molar-refractivity contribution in [2.24, 2.45) is 5.92 Å². The Morgan fingerprint density at radius 1 is 1.73 bits per heavy atom. The van der Waals surface area contributed by atoms with E-state index in [-0.39, 0.29) is 0 Å². The molecule has 1 saturated carbocycles. The molecule has 0 radical (unpaired) electrons. The van der Waals surface area contributed by atoms with Gasteiger partial charge in [-0.2, -0.15) is 0 Å². The van der Waals surface area contributed by atoms with Crippen LogP contribution in [-0.2, 0) is 9.47 Å². The summed E-state index contributed by atoms with van der Waals surface area (Å²) < 4.78 is 9.26. The molecule has 0 saturated heterocycles. The number of rotatable bonds is 3. The number of hydrogen-bond acceptors (Lipinski definition) is 3. The lowest BCUT2D eigenvalue weighted by Crippen LogP contribution is -2.12. The lowest BCUT2D eigenvalue weighted by Gasteiger charge is -2.05. The first kappa shape index (κ1) is 8.65. The topological polar surface area (TPSA) is 35.5 Å². The fourth-order valence-electron chi connectivity index (χ4n) is 0.637. The third-order valence-corrected chi connectivity index (χ3v) is 1.48. The van der Waals surface area contributed by atoms with E-state index < -0.39 is 11.7 Å². The second-order valence-corrected chi connectivity index (χ2v) is 3.28. The van der Waals surface area contributed by atoms with Crippen LogP contribution in [0.15, 0.2) is 0 Å². The van der Waals surface area contributed by atoms with Crippen molar-refractivity contribution in [3.63, 3.8) is 0 Å². The van der Waals surface area contributed by atoms with E-state index in [1.807, 2.05) is 0 Å². The molecule has 0 heterocycles. The minimum Gasteiger partial charge on any atom is -0.434 e. The molecule has 0 aromatic carbocycles. The molecule has 0 aromatic rings. The summed E-state index contributed by atoms with van der Waals surface area (Å²) in [5.41, 5.74) is -0.610. The van der Waals surface area contributed by atoms with Gasteiger partial charge in [-0.25, -0.2) is 4.79 Å². The van der Waals surface area contributed by atoms with Crippen molar-refractivity contribution in [2.45, 2.75) is 25.3 Å². The van der Waals surface area contributed by atoms with Gasteiger partial charge in [-0.3, -0.25) is 0 Å². The van der Waals surface area contributed by atoms with E-state index in [4.69, 9.17) is 16.3 Å². The van der Waals surface area contributed by atoms with Gasteiger partial charge >= 0.3 is 6.16 Å². The van der Waals surface area contributed by atoms with E-state index in [0.29, 0.717) is 12.5 Å². The Bertz CT molecular complexity index is 143. The number of carbonyl (C=O) groups is 1. The van der Waals surface area contributed by atoms with Crippen molar-refractivity contribution < 1.29 is 14.3 Å². The molecule has 11 heavy (non-hydrogen) atoms. The molecule has 64 valence electrons. The molecule has 1 rings (SSSR count). The number of ether oxygens (including phenoxy) is 2. The molecule has 0 N–H and O–H groups in total. The van der Waals surface area contributed by atoms with Crippen LogP contribution in [0.2, 0.25) is 0 Å². The standard InChI is InChI=1S/C7H11ClO3/c1-5(8)11-7(9)10-4-6-2-3-6/h5-6H,2-4H2,1H3. The molecule has 1 aliphatic carbocycles. The molecule has 0 aromatic heterocycles. The van der Waals surface area contributed by atoms with Crippen molar-refractivity contribution in [2.75, 3.05) is 6.61 Å². The quantitative estimate of drug-likeness (QED) is 0.491. The number of carbonyl (C=O) groups excluding carboxylic acids is 1. The summed E-state index contributed by atoms with van der Waals surface area (Å²) in [5, 5.41) is 0. The average molecular weight is 179 g/mol. The summed E-state index contributed by atoms with van der Waals surface area (Å²) in [5.74, 6) is 0.563. The highest BCUT2D eigenvalue weighted by atomic mass is 35.5. The molecular formula is C7H11ClO3. The fraction of sp³-hybridized carbons (Fsp3) is 0.857. The molecule has 0 aliphatic heterocycles. The monoisotopic (exact) mass is 178 g/mol. The molecule has 1 unspecified atom stereocenters. The van der Waals surface area contributed by atoms with Crippen molar-refractivity contribution >= 4 is 17.8 Å².